The Bertz CT molecular complexity index is 988. The Morgan fingerprint density at radius 2 is 1.75 bits per heavy atom. The molecule has 4 aromatic rings. The van der Waals surface area contributed by atoms with Gasteiger partial charge in [-0.3, -0.25) is 9.78 Å². The summed E-state index contributed by atoms with van der Waals surface area (Å²) in [6.45, 7) is 0. The standard InChI is InChI=1S/C20H15N3O/c24-20(18-13-22-19-6-2-1-5-17(18)19)23-16-9-7-14(8-10-16)15-4-3-11-21-12-15/h1-13,22H,(H,23,24). The lowest BCUT2D eigenvalue weighted by atomic mass is 10.1. The molecule has 4 rings (SSSR count). The maximum atomic E-state index is 12.5. The summed E-state index contributed by atoms with van der Waals surface area (Å²) in [5.41, 5.74) is 4.47. The van der Waals surface area contributed by atoms with Crippen LogP contribution in [0.3, 0.4) is 0 Å². The Balaban J connectivity index is 1.56. The van der Waals surface area contributed by atoms with E-state index in [4.69, 9.17) is 0 Å². The molecular weight excluding hydrogens is 298 g/mol. The Hall–Kier alpha value is -3.40. The molecule has 4 nitrogen and oxygen atoms in total. The SMILES string of the molecule is O=C(Nc1ccc(-c2cccnc2)cc1)c1c[nH]c2ccccc12. The number of carbonyl (C=O) groups excluding carboxylic acids is 1. The minimum atomic E-state index is -0.124. The van der Waals surface area contributed by atoms with Crippen molar-refractivity contribution >= 4 is 22.5 Å². The third kappa shape index (κ3) is 2.65. The number of anilines is 1. The number of nitrogens with zero attached hydrogens (tertiary/aromatic N) is 1. The number of aromatic nitrogens is 2. The third-order valence-electron chi connectivity index (χ3n) is 3.97. The second-order valence-corrected chi connectivity index (χ2v) is 5.52. The Morgan fingerprint density at radius 3 is 2.54 bits per heavy atom. The molecular formula is C20H15N3O. The first-order chi connectivity index (χ1) is 11.8. The summed E-state index contributed by atoms with van der Waals surface area (Å²) in [5.74, 6) is -0.124. The van der Waals surface area contributed by atoms with Crippen LogP contribution in [0, 0.1) is 0 Å². The molecule has 24 heavy (non-hydrogen) atoms. The molecule has 0 bridgehead atoms. The van der Waals surface area contributed by atoms with Crippen LogP contribution < -0.4 is 5.32 Å². The highest BCUT2D eigenvalue weighted by molar-refractivity contribution is 6.12. The highest BCUT2D eigenvalue weighted by Crippen LogP contribution is 2.22. The van der Waals surface area contributed by atoms with Crippen molar-refractivity contribution in [3.05, 3.63) is 84.8 Å². The van der Waals surface area contributed by atoms with Crippen LogP contribution in [0.4, 0.5) is 5.69 Å². The number of fused-ring (bicyclic) bond motifs is 1. The monoisotopic (exact) mass is 313 g/mol. The summed E-state index contributed by atoms with van der Waals surface area (Å²) in [6.07, 6.45) is 5.31. The van der Waals surface area contributed by atoms with Crippen LogP contribution in [0.1, 0.15) is 10.4 Å². The van der Waals surface area contributed by atoms with Crippen LogP contribution in [0.5, 0.6) is 0 Å². The lowest BCUT2D eigenvalue weighted by Crippen LogP contribution is -2.11. The maximum absolute atomic E-state index is 12.5. The minimum Gasteiger partial charge on any atom is -0.360 e. The molecule has 116 valence electrons. The van der Waals surface area contributed by atoms with Crippen molar-refractivity contribution in [2.24, 2.45) is 0 Å². The fourth-order valence-corrected chi connectivity index (χ4v) is 2.74. The van der Waals surface area contributed by atoms with E-state index in [1.54, 1.807) is 12.4 Å². The average molecular weight is 313 g/mol. The topological polar surface area (TPSA) is 57.8 Å². The second-order valence-electron chi connectivity index (χ2n) is 5.52. The van der Waals surface area contributed by atoms with Gasteiger partial charge >= 0.3 is 0 Å². The number of carbonyl (C=O) groups is 1. The van der Waals surface area contributed by atoms with E-state index in [0.29, 0.717) is 5.56 Å². The van der Waals surface area contributed by atoms with Gasteiger partial charge in [0, 0.05) is 35.2 Å². The maximum Gasteiger partial charge on any atom is 0.257 e. The van der Waals surface area contributed by atoms with Crippen molar-refractivity contribution in [3.63, 3.8) is 0 Å². The lowest BCUT2D eigenvalue weighted by Gasteiger charge is -2.06. The van der Waals surface area contributed by atoms with Gasteiger partial charge in [-0.05, 0) is 35.4 Å². The largest absolute Gasteiger partial charge is 0.360 e. The smallest absolute Gasteiger partial charge is 0.257 e. The van der Waals surface area contributed by atoms with Gasteiger partial charge in [0.1, 0.15) is 0 Å². The summed E-state index contributed by atoms with van der Waals surface area (Å²) in [7, 11) is 0. The zero-order valence-electron chi connectivity index (χ0n) is 12.9. The Kier molecular flexibility index (Phi) is 3.56. The first-order valence-corrected chi connectivity index (χ1v) is 7.69. The molecule has 0 aliphatic rings. The van der Waals surface area contributed by atoms with E-state index in [1.807, 2.05) is 66.9 Å². The highest BCUT2D eigenvalue weighted by Gasteiger charge is 2.11. The molecule has 0 unspecified atom stereocenters. The van der Waals surface area contributed by atoms with E-state index >= 15 is 0 Å². The normalized spacial score (nSPS) is 10.7. The van der Waals surface area contributed by atoms with E-state index in [0.717, 1.165) is 27.7 Å². The molecule has 2 aromatic carbocycles. The predicted octanol–water partition coefficient (Wildman–Crippen LogP) is 4.48. The van der Waals surface area contributed by atoms with Gasteiger partial charge in [-0.15, -0.1) is 0 Å². The van der Waals surface area contributed by atoms with E-state index in [-0.39, 0.29) is 5.91 Å². The number of aromatic amines is 1. The molecule has 2 N–H and O–H groups in total. The van der Waals surface area contributed by atoms with Crippen molar-refractivity contribution in [2.75, 3.05) is 5.32 Å². The predicted molar refractivity (Wildman–Crippen MR) is 95.9 cm³/mol. The molecule has 2 aromatic heterocycles. The van der Waals surface area contributed by atoms with Crippen molar-refractivity contribution in [1.29, 1.82) is 0 Å². The zero-order valence-corrected chi connectivity index (χ0v) is 12.9. The molecule has 0 saturated carbocycles. The second kappa shape index (κ2) is 6.01. The van der Waals surface area contributed by atoms with E-state index in [2.05, 4.69) is 15.3 Å². The Morgan fingerprint density at radius 1 is 0.917 bits per heavy atom. The van der Waals surface area contributed by atoms with E-state index < -0.39 is 0 Å². The number of rotatable bonds is 3. The van der Waals surface area contributed by atoms with Crippen LogP contribution in [0.2, 0.25) is 0 Å². The van der Waals surface area contributed by atoms with Gasteiger partial charge in [0.25, 0.3) is 5.91 Å². The number of para-hydroxylation sites is 1. The molecule has 2 heterocycles. The number of benzene rings is 2. The van der Waals surface area contributed by atoms with Gasteiger partial charge in [-0.1, -0.05) is 36.4 Å². The third-order valence-corrected chi connectivity index (χ3v) is 3.97. The van der Waals surface area contributed by atoms with Gasteiger partial charge in [0.05, 0.1) is 5.56 Å². The highest BCUT2D eigenvalue weighted by atomic mass is 16.1. The minimum absolute atomic E-state index is 0.124. The Labute approximate surface area is 139 Å². The molecule has 4 heteroatoms. The summed E-state index contributed by atoms with van der Waals surface area (Å²) < 4.78 is 0. The van der Waals surface area contributed by atoms with Crippen molar-refractivity contribution in [2.45, 2.75) is 0 Å². The van der Waals surface area contributed by atoms with Gasteiger partial charge < -0.3 is 10.3 Å². The van der Waals surface area contributed by atoms with Crippen LogP contribution >= 0.6 is 0 Å². The summed E-state index contributed by atoms with van der Waals surface area (Å²) in [6, 6.07) is 19.4. The fourth-order valence-electron chi connectivity index (χ4n) is 2.74. The van der Waals surface area contributed by atoms with Crippen LogP contribution in [0.15, 0.2) is 79.3 Å². The van der Waals surface area contributed by atoms with Crippen LogP contribution in [-0.2, 0) is 0 Å². The number of H-pyrrole nitrogens is 1. The molecule has 0 fully saturated rings. The summed E-state index contributed by atoms with van der Waals surface area (Å²) in [4.78, 5) is 19.7. The van der Waals surface area contributed by atoms with E-state index in [1.165, 1.54) is 0 Å². The molecule has 0 aliphatic carbocycles. The summed E-state index contributed by atoms with van der Waals surface area (Å²) in [5, 5.41) is 3.86. The van der Waals surface area contributed by atoms with E-state index in [9.17, 15) is 4.79 Å². The number of nitrogens with one attached hydrogen (secondary N) is 2. The molecule has 0 radical (unpaired) electrons. The van der Waals surface area contributed by atoms with Crippen LogP contribution in [0.25, 0.3) is 22.0 Å². The first-order valence-electron chi connectivity index (χ1n) is 7.69. The van der Waals surface area contributed by atoms with Crippen LogP contribution in [-0.4, -0.2) is 15.9 Å². The lowest BCUT2D eigenvalue weighted by molar-refractivity contribution is 0.102. The van der Waals surface area contributed by atoms with Crippen molar-refractivity contribution < 1.29 is 4.79 Å². The quantitative estimate of drug-likeness (QED) is 0.586. The van der Waals surface area contributed by atoms with Gasteiger partial charge in [-0.25, -0.2) is 0 Å². The number of pyridine rings is 1. The zero-order chi connectivity index (χ0) is 16.4. The van der Waals surface area contributed by atoms with Gasteiger partial charge in [-0.2, -0.15) is 0 Å². The number of hydrogen-bond donors (Lipinski definition) is 2. The number of hydrogen-bond acceptors (Lipinski definition) is 2. The van der Waals surface area contributed by atoms with Gasteiger partial charge in [0.15, 0.2) is 0 Å². The molecule has 0 spiro atoms. The van der Waals surface area contributed by atoms with Crippen molar-refractivity contribution in [3.8, 4) is 11.1 Å². The molecule has 0 atom stereocenters. The molecule has 1 amide bonds. The van der Waals surface area contributed by atoms with Crippen molar-refractivity contribution in [1.82, 2.24) is 9.97 Å². The molecule has 0 saturated heterocycles. The van der Waals surface area contributed by atoms with Gasteiger partial charge in [0.2, 0.25) is 0 Å². The molecule has 0 aliphatic heterocycles. The summed E-state index contributed by atoms with van der Waals surface area (Å²) >= 11 is 0. The fraction of sp³-hybridized carbons (Fsp3) is 0. The number of amides is 1. The first kappa shape index (κ1) is 14.2. The average Bonchev–Trinajstić information content (AvgIpc) is 3.07.